The van der Waals surface area contributed by atoms with Gasteiger partial charge in [-0.05, 0) is 51.5 Å². The quantitative estimate of drug-likeness (QED) is 0.335. The van der Waals surface area contributed by atoms with Gasteiger partial charge < -0.3 is 4.74 Å². The topological polar surface area (TPSA) is 39.2 Å². The normalized spacial score (nSPS) is 10.8. The summed E-state index contributed by atoms with van der Waals surface area (Å²) in [6, 6.07) is 21.3. The minimum Gasteiger partial charge on any atom is -0.472 e. The second-order valence-corrected chi connectivity index (χ2v) is 8.48. The molecule has 3 aromatic rings. The fourth-order valence-corrected chi connectivity index (χ4v) is 3.11. The first-order valence-corrected chi connectivity index (χ1v) is 10.8. The van der Waals surface area contributed by atoms with Gasteiger partial charge >= 0.3 is 0 Å². The summed E-state index contributed by atoms with van der Waals surface area (Å²) in [5.74, 6) is 7.26. The van der Waals surface area contributed by atoms with Crippen molar-refractivity contribution in [1.29, 1.82) is 0 Å². The predicted octanol–water partition coefficient (Wildman–Crippen LogP) is 6.70. The molecule has 3 heteroatoms. The van der Waals surface area contributed by atoms with Gasteiger partial charge in [0.15, 0.2) is 5.78 Å². The first-order chi connectivity index (χ1) is 14.9. The Morgan fingerprint density at radius 3 is 2.39 bits per heavy atom. The highest BCUT2D eigenvalue weighted by molar-refractivity contribution is 5.96. The van der Waals surface area contributed by atoms with Gasteiger partial charge in [-0.1, -0.05) is 61.6 Å². The highest BCUT2D eigenvalue weighted by atomic mass is 16.5. The summed E-state index contributed by atoms with van der Waals surface area (Å²) < 4.78 is 5.91. The number of aromatic nitrogens is 1. The van der Waals surface area contributed by atoms with Gasteiger partial charge in [0, 0.05) is 34.7 Å². The average molecular weight is 412 g/mol. The van der Waals surface area contributed by atoms with Crippen LogP contribution in [0.25, 0.3) is 11.3 Å². The molecule has 1 aromatic heterocycles. The van der Waals surface area contributed by atoms with E-state index in [1.165, 1.54) is 0 Å². The standard InChI is InChI=1S/C28H29NO2/c1-5-6-13-26(30)23-19-16-21(17-20-23)15-18-22-10-7-8-11-24(22)25-12-9-14-27(29-25)31-28(2,3)4/h7-12,14,16-17,19-20H,5-6,13H2,1-4H3. The van der Waals surface area contributed by atoms with E-state index in [1.54, 1.807) is 0 Å². The van der Waals surface area contributed by atoms with E-state index in [-0.39, 0.29) is 11.4 Å². The Balaban J connectivity index is 1.84. The number of unbranched alkanes of at least 4 members (excludes halogenated alkanes) is 1. The van der Waals surface area contributed by atoms with Crippen molar-refractivity contribution < 1.29 is 9.53 Å². The van der Waals surface area contributed by atoms with Crippen molar-refractivity contribution in [1.82, 2.24) is 4.98 Å². The molecule has 0 atom stereocenters. The van der Waals surface area contributed by atoms with Crippen LogP contribution in [0.3, 0.4) is 0 Å². The second-order valence-electron chi connectivity index (χ2n) is 8.48. The maximum absolute atomic E-state index is 12.2. The van der Waals surface area contributed by atoms with Crippen LogP contribution in [0, 0.1) is 11.8 Å². The Labute approximate surface area is 185 Å². The molecule has 0 aliphatic heterocycles. The predicted molar refractivity (Wildman–Crippen MR) is 126 cm³/mol. The van der Waals surface area contributed by atoms with E-state index < -0.39 is 0 Å². The fraction of sp³-hybridized carbons (Fsp3) is 0.286. The van der Waals surface area contributed by atoms with Crippen molar-refractivity contribution in [3.05, 3.63) is 83.4 Å². The van der Waals surface area contributed by atoms with Crippen LogP contribution in [0.1, 0.15) is 68.4 Å². The van der Waals surface area contributed by atoms with E-state index in [2.05, 4.69) is 23.7 Å². The highest BCUT2D eigenvalue weighted by Gasteiger charge is 2.13. The Hall–Kier alpha value is -3.38. The van der Waals surface area contributed by atoms with Gasteiger partial charge in [-0.3, -0.25) is 4.79 Å². The van der Waals surface area contributed by atoms with Crippen molar-refractivity contribution in [3.8, 4) is 29.0 Å². The lowest BCUT2D eigenvalue weighted by Gasteiger charge is -2.20. The summed E-state index contributed by atoms with van der Waals surface area (Å²) >= 11 is 0. The maximum Gasteiger partial charge on any atom is 0.214 e. The van der Waals surface area contributed by atoms with Crippen molar-refractivity contribution in [2.24, 2.45) is 0 Å². The zero-order valence-corrected chi connectivity index (χ0v) is 18.7. The van der Waals surface area contributed by atoms with Crippen LogP contribution >= 0.6 is 0 Å². The molecule has 0 aliphatic rings. The lowest BCUT2D eigenvalue weighted by Crippen LogP contribution is -2.23. The van der Waals surface area contributed by atoms with Crippen LogP contribution in [0.2, 0.25) is 0 Å². The molecule has 0 saturated carbocycles. The van der Waals surface area contributed by atoms with E-state index >= 15 is 0 Å². The summed E-state index contributed by atoms with van der Waals surface area (Å²) in [7, 11) is 0. The molecule has 1 heterocycles. The van der Waals surface area contributed by atoms with E-state index in [0.717, 1.165) is 40.8 Å². The number of nitrogens with zero attached hydrogens (tertiary/aromatic N) is 1. The van der Waals surface area contributed by atoms with E-state index in [4.69, 9.17) is 4.74 Å². The number of rotatable bonds is 6. The van der Waals surface area contributed by atoms with Gasteiger partial charge in [0.05, 0.1) is 5.69 Å². The summed E-state index contributed by atoms with van der Waals surface area (Å²) in [5, 5.41) is 0. The van der Waals surface area contributed by atoms with Gasteiger partial charge in [0.2, 0.25) is 5.88 Å². The monoisotopic (exact) mass is 411 g/mol. The van der Waals surface area contributed by atoms with Crippen molar-refractivity contribution in [2.45, 2.75) is 52.6 Å². The van der Waals surface area contributed by atoms with Crippen molar-refractivity contribution >= 4 is 5.78 Å². The van der Waals surface area contributed by atoms with Gasteiger partial charge in [0.25, 0.3) is 0 Å². The average Bonchev–Trinajstić information content (AvgIpc) is 2.75. The number of benzene rings is 2. The van der Waals surface area contributed by atoms with Crippen LogP contribution in [-0.2, 0) is 0 Å². The molecule has 0 N–H and O–H groups in total. The van der Waals surface area contributed by atoms with Gasteiger partial charge in [0.1, 0.15) is 5.60 Å². The minimum absolute atomic E-state index is 0.190. The molecule has 0 unspecified atom stereocenters. The fourth-order valence-electron chi connectivity index (χ4n) is 3.11. The first-order valence-electron chi connectivity index (χ1n) is 10.8. The number of ether oxygens (including phenoxy) is 1. The van der Waals surface area contributed by atoms with Crippen LogP contribution in [0.4, 0.5) is 0 Å². The number of carbonyl (C=O) groups excluding carboxylic acids is 1. The lowest BCUT2D eigenvalue weighted by atomic mass is 10.0. The number of carbonyl (C=O) groups is 1. The summed E-state index contributed by atoms with van der Waals surface area (Å²) in [5.41, 5.74) is 3.99. The van der Waals surface area contributed by atoms with Crippen molar-refractivity contribution in [2.75, 3.05) is 0 Å². The zero-order valence-electron chi connectivity index (χ0n) is 18.7. The summed E-state index contributed by atoms with van der Waals surface area (Å²) in [6.45, 7) is 8.10. The van der Waals surface area contributed by atoms with E-state index in [0.29, 0.717) is 12.3 Å². The minimum atomic E-state index is -0.310. The van der Waals surface area contributed by atoms with E-state index in [9.17, 15) is 4.79 Å². The van der Waals surface area contributed by atoms with Crippen molar-refractivity contribution in [3.63, 3.8) is 0 Å². The number of pyridine rings is 1. The SMILES string of the molecule is CCCCC(=O)c1ccc(C#Cc2ccccc2-c2cccc(OC(C)(C)C)n2)cc1. The molecule has 0 amide bonds. The number of hydrogen-bond acceptors (Lipinski definition) is 3. The third kappa shape index (κ3) is 6.55. The van der Waals surface area contributed by atoms with Gasteiger partial charge in [-0.2, -0.15) is 0 Å². The molecule has 3 rings (SSSR count). The molecule has 31 heavy (non-hydrogen) atoms. The molecular formula is C28H29NO2. The molecule has 158 valence electrons. The highest BCUT2D eigenvalue weighted by Crippen LogP contribution is 2.25. The summed E-state index contributed by atoms with van der Waals surface area (Å²) in [6.07, 6.45) is 2.54. The zero-order chi connectivity index (χ0) is 22.3. The molecule has 0 spiro atoms. The Bertz CT molecular complexity index is 1100. The Morgan fingerprint density at radius 1 is 0.935 bits per heavy atom. The third-order valence-corrected chi connectivity index (χ3v) is 4.64. The smallest absolute Gasteiger partial charge is 0.214 e. The molecule has 0 fully saturated rings. The molecule has 0 radical (unpaired) electrons. The molecular weight excluding hydrogens is 382 g/mol. The van der Waals surface area contributed by atoms with Crippen LogP contribution in [0.5, 0.6) is 5.88 Å². The lowest BCUT2D eigenvalue weighted by molar-refractivity contribution is 0.0979. The Morgan fingerprint density at radius 2 is 1.68 bits per heavy atom. The van der Waals surface area contributed by atoms with Crippen LogP contribution < -0.4 is 4.74 Å². The molecule has 0 aliphatic carbocycles. The molecule has 0 bridgehead atoms. The van der Waals surface area contributed by atoms with Gasteiger partial charge in [-0.25, -0.2) is 4.98 Å². The number of hydrogen-bond donors (Lipinski definition) is 0. The Kier molecular flexibility index (Phi) is 7.26. The number of ketones is 1. The third-order valence-electron chi connectivity index (χ3n) is 4.64. The molecule has 2 aromatic carbocycles. The van der Waals surface area contributed by atoms with Crippen LogP contribution in [-0.4, -0.2) is 16.4 Å². The number of Topliss-reactive ketones (excluding diaryl/α,β-unsaturated/α-hetero) is 1. The van der Waals surface area contributed by atoms with Gasteiger partial charge in [-0.15, -0.1) is 0 Å². The second kappa shape index (κ2) is 10.1. The molecule has 0 saturated heterocycles. The first kappa shape index (κ1) is 22.3. The summed E-state index contributed by atoms with van der Waals surface area (Å²) in [4.78, 5) is 16.8. The van der Waals surface area contributed by atoms with Crippen LogP contribution in [0.15, 0.2) is 66.7 Å². The maximum atomic E-state index is 12.2. The molecule has 3 nitrogen and oxygen atoms in total. The van der Waals surface area contributed by atoms with E-state index in [1.807, 2.05) is 87.5 Å². The largest absolute Gasteiger partial charge is 0.472 e.